The van der Waals surface area contributed by atoms with Crippen molar-refractivity contribution in [2.45, 2.75) is 18.5 Å². The summed E-state index contributed by atoms with van der Waals surface area (Å²) in [6.45, 7) is 1.23. The first-order valence-corrected chi connectivity index (χ1v) is 5.04. The number of aryl methyl sites for hydroxylation is 1. The molecule has 0 aromatic carbocycles. The third-order valence-electron chi connectivity index (χ3n) is 2.54. The fourth-order valence-corrected chi connectivity index (χ4v) is 2.71. The van der Waals surface area contributed by atoms with Gasteiger partial charge in [-0.1, -0.05) is 0 Å². The van der Waals surface area contributed by atoms with Crippen molar-refractivity contribution >= 4 is 11.3 Å². The van der Waals surface area contributed by atoms with Crippen molar-refractivity contribution in [2.24, 2.45) is 0 Å². The highest BCUT2D eigenvalue weighted by Gasteiger charge is 2.62. The number of thiophene rings is 1. The lowest BCUT2D eigenvalue weighted by molar-refractivity contribution is -0.261. The van der Waals surface area contributed by atoms with E-state index in [1.165, 1.54) is 0 Å². The van der Waals surface area contributed by atoms with E-state index in [-0.39, 0.29) is 13.2 Å². The van der Waals surface area contributed by atoms with Gasteiger partial charge in [0, 0.05) is 4.88 Å². The molecule has 0 amide bonds. The van der Waals surface area contributed by atoms with Crippen LogP contribution in [-0.2, 0) is 10.2 Å². The van der Waals surface area contributed by atoms with E-state index < -0.39 is 11.6 Å². The molecule has 0 radical (unpaired) electrons. The highest BCUT2D eigenvalue weighted by atomic mass is 32.1. The SMILES string of the molecule is Cc1ccsc1C1(C(F)(F)F)COC1. The van der Waals surface area contributed by atoms with Crippen LogP contribution in [0.1, 0.15) is 10.4 Å². The van der Waals surface area contributed by atoms with Crippen LogP contribution in [0.3, 0.4) is 0 Å². The molecule has 0 saturated carbocycles. The van der Waals surface area contributed by atoms with Crippen LogP contribution >= 0.6 is 11.3 Å². The molecule has 1 nitrogen and oxygen atoms in total. The Balaban J connectivity index is 2.44. The molecule has 0 N–H and O–H groups in total. The van der Waals surface area contributed by atoms with Gasteiger partial charge in [0.15, 0.2) is 0 Å². The minimum absolute atomic E-state index is 0.238. The number of rotatable bonds is 1. The van der Waals surface area contributed by atoms with Gasteiger partial charge in [-0.3, -0.25) is 0 Å². The maximum atomic E-state index is 12.8. The predicted molar refractivity (Wildman–Crippen MR) is 47.6 cm³/mol. The Hall–Kier alpha value is -0.550. The van der Waals surface area contributed by atoms with Crippen molar-refractivity contribution in [3.05, 3.63) is 21.9 Å². The minimum atomic E-state index is -4.21. The van der Waals surface area contributed by atoms with E-state index in [2.05, 4.69) is 0 Å². The molecule has 0 spiro atoms. The molecule has 2 rings (SSSR count). The smallest absolute Gasteiger partial charge is 0.379 e. The maximum Gasteiger partial charge on any atom is 0.403 e. The van der Waals surface area contributed by atoms with E-state index in [1.54, 1.807) is 18.4 Å². The zero-order chi connectivity index (χ0) is 10.4. The number of hydrogen-bond acceptors (Lipinski definition) is 2. The van der Waals surface area contributed by atoms with Crippen molar-refractivity contribution in [3.8, 4) is 0 Å². The second-order valence-electron chi connectivity index (χ2n) is 3.51. The van der Waals surface area contributed by atoms with Gasteiger partial charge in [0.05, 0.1) is 13.2 Å². The topological polar surface area (TPSA) is 9.23 Å². The van der Waals surface area contributed by atoms with Gasteiger partial charge in [0.2, 0.25) is 0 Å². The van der Waals surface area contributed by atoms with Crippen LogP contribution in [0.4, 0.5) is 13.2 Å². The fraction of sp³-hybridized carbons (Fsp3) is 0.556. The first-order valence-electron chi connectivity index (χ1n) is 4.16. The van der Waals surface area contributed by atoms with Crippen molar-refractivity contribution < 1.29 is 17.9 Å². The maximum absolute atomic E-state index is 12.8. The molecule has 1 aromatic rings. The number of ether oxygens (including phenoxy) is 1. The summed E-state index contributed by atoms with van der Waals surface area (Å²) >= 11 is 1.16. The highest BCUT2D eigenvalue weighted by molar-refractivity contribution is 7.10. The molecule has 14 heavy (non-hydrogen) atoms. The molecule has 2 heterocycles. The Kier molecular flexibility index (Phi) is 2.12. The summed E-state index contributed by atoms with van der Waals surface area (Å²) < 4.78 is 43.2. The van der Waals surface area contributed by atoms with E-state index in [0.29, 0.717) is 10.4 Å². The van der Waals surface area contributed by atoms with E-state index in [1.807, 2.05) is 0 Å². The van der Waals surface area contributed by atoms with Crippen LogP contribution in [0.5, 0.6) is 0 Å². The monoisotopic (exact) mass is 222 g/mol. The van der Waals surface area contributed by atoms with Crippen LogP contribution in [0.2, 0.25) is 0 Å². The van der Waals surface area contributed by atoms with Crippen LogP contribution in [0, 0.1) is 6.92 Å². The summed E-state index contributed by atoms with van der Waals surface area (Å²) in [7, 11) is 0. The summed E-state index contributed by atoms with van der Waals surface area (Å²) in [5.41, 5.74) is -1.03. The molecule has 0 bridgehead atoms. The van der Waals surface area contributed by atoms with Crippen LogP contribution in [-0.4, -0.2) is 19.4 Å². The fourth-order valence-electron chi connectivity index (χ4n) is 1.59. The van der Waals surface area contributed by atoms with Crippen molar-refractivity contribution in [3.63, 3.8) is 0 Å². The van der Waals surface area contributed by atoms with Gasteiger partial charge in [0.1, 0.15) is 5.41 Å². The van der Waals surface area contributed by atoms with Crippen LogP contribution in [0.25, 0.3) is 0 Å². The summed E-state index contributed by atoms with van der Waals surface area (Å²) in [5, 5.41) is 1.69. The zero-order valence-electron chi connectivity index (χ0n) is 7.52. The lowest BCUT2D eigenvalue weighted by Gasteiger charge is -2.42. The van der Waals surface area contributed by atoms with Gasteiger partial charge >= 0.3 is 6.18 Å². The standard InChI is InChI=1S/C9H9F3OS/c1-6-2-3-14-7(6)8(4-13-5-8)9(10,11)12/h2-3H,4-5H2,1H3. The molecule has 0 aliphatic carbocycles. The van der Waals surface area contributed by atoms with Crippen LogP contribution in [0.15, 0.2) is 11.4 Å². The lowest BCUT2D eigenvalue weighted by atomic mass is 9.82. The van der Waals surface area contributed by atoms with Gasteiger partial charge in [-0.05, 0) is 23.9 Å². The van der Waals surface area contributed by atoms with Crippen LogP contribution < -0.4 is 0 Å². The normalized spacial score (nSPS) is 20.6. The minimum Gasteiger partial charge on any atom is -0.379 e. The number of halogens is 3. The molecule has 1 fully saturated rings. The summed E-state index contributed by atoms with van der Waals surface area (Å²) in [6.07, 6.45) is -4.21. The molecule has 1 saturated heterocycles. The van der Waals surface area contributed by atoms with Crippen molar-refractivity contribution in [1.29, 1.82) is 0 Å². The first-order chi connectivity index (χ1) is 6.47. The summed E-state index contributed by atoms with van der Waals surface area (Å²) in [4.78, 5) is 0.399. The van der Waals surface area contributed by atoms with E-state index in [4.69, 9.17) is 4.74 Å². The summed E-state index contributed by atoms with van der Waals surface area (Å²) in [5.74, 6) is 0. The van der Waals surface area contributed by atoms with E-state index >= 15 is 0 Å². The molecule has 1 aliphatic heterocycles. The molecular formula is C9H9F3OS. The number of hydrogen-bond donors (Lipinski definition) is 0. The van der Waals surface area contributed by atoms with Gasteiger partial charge in [-0.2, -0.15) is 13.2 Å². The van der Waals surface area contributed by atoms with Gasteiger partial charge < -0.3 is 4.74 Å². The molecule has 1 aromatic heterocycles. The third-order valence-corrected chi connectivity index (χ3v) is 3.76. The second kappa shape index (κ2) is 2.97. The van der Waals surface area contributed by atoms with Crippen molar-refractivity contribution in [1.82, 2.24) is 0 Å². The molecule has 5 heteroatoms. The molecule has 1 aliphatic rings. The van der Waals surface area contributed by atoms with E-state index in [0.717, 1.165) is 11.3 Å². The van der Waals surface area contributed by atoms with Crippen molar-refractivity contribution in [2.75, 3.05) is 13.2 Å². The zero-order valence-corrected chi connectivity index (χ0v) is 8.34. The Morgan fingerprint density at radius 2 is 2.07 bits per heavy atom. The number of alkyl halides is 3. The Bertz CT molecular complexity index is 338. The first kappa shape index (κ1) is 9.98. The van der Waals surface area contributed by atoms with Gasteiger partial charge in [0.25, 0.3) is 0 Å². The van der Waals surface area contributed by atoms with Gasteiger partial charge in [-0.15, -0.1) is 11.3 Å². The Morgan fingerprint density at radius 1 is 1.43 bits per heavy atom. The van der Waals surface area contributed by atoms with E-state index in [9.17, 15) is 13.2 Å². The third kappa shape index (κ3) is 1.19. The Labute approximate surface area is 83.5 Å². The average molecular weight is 222 g/mol. The lowest BCUT2D eigenvalue weighted by Crippen LogP contribution is -2.57. The molecule has 78 valence electrons. The molecular weight excluding hydrogens is 213 g/mol. The predicted octanol–water partition coefficient (Wildman–Crippen LogP) is 2.89. The average Bonchev–Trinajstić information content (AvgIpc) is 2.31. The summed E-state index contributed by atoms with van der Waals surface area (Å²) in [6, 6.07) is 1.71. The van der Waals surface area contributed by atoms with Gasteiger partial charge in [-0.25, -0.2) is 0 Å². The Morgan fingerprint density at radius 3 is 2.36 bits per heavy atom. The largest absolute Gasteiger partial charge is 0.403 e. The quantitative estimate of drug-likeness (QED) is 0.710. The highest BCUT2D eigenvalue weighted by Crippen LogP contribution is 2.49. The second-order valence-corrected chi connectivity index (χ2v) is 4.42. The molecule has 0 atom stereocenters. The molecule has 0 unspecified atom stereocenters.